The average molecular weight is 390 g/mol. The number of pyridine rings is 2. The molecule has 134 valence electrons. The lowest BCUT2D eigenvalue weighted by molar-refractivity contribution is 0.200. The van der Waals surface area contributed by atoms with Gasteiger partial charge < -0.3 is 9.47 Å². The van der Waals surface area contributed by atoms with Gasteiger partial charge in [0, 0.05) is 24.0 Å². The largest absolute Gasteiger partial charge is 0.491 e. The molecule has 1 aliphatic carbocycles. The van der Waals surface area contributed by atoms with E-state index in [1.807, 2.05) is 0 Å². The molecule has 0 unspecified atom stereocenters. The molecule has 0 aliphatic heterocycles. The van der Waals surface area contributed by atoms with Gasteiger partial charge >= 0.3 is 0 Å². The maximum atomic E-state index is 9.55. The fraction of sp³-hybridized carbons (Fsp3) is 0.316. The van der Waals surface area contributed by atoms with Crippen LogP contribution in [0.15, 0.2) is 24.7 Å². The van der Waals surface area contributed by atoms with E-state index in [0.717, 1.165) is 12.8 Å². The third kappa shape index (κ3) is 4.09. The van der Waals surface area contributed by atoms with E-state index in [4.69, 9.17) is 32.7 Å². The minimum absolute atomic E-state index is 0.183. The summed E-state index contributed by atoms with van der Waals surface area (Å²) in [5.74, 6) is 1.18. The third-order valence-electron chi connectivity index (χ3n) is 4.20. The molecule has 2 heterocycles. The number of nitrogens with zero attached hydrogens (tertiary/aromatic N) is 3. The van der Waals surface area contributed by atoms with Crippen molar-refractivity contribution in [2.45, 2.75) is 31.8 Å². The molecule has 5 nitrogen and oxygen atoms in total. The molecule has 0 saturated heterocycles. The van der Waals surface area contributed by atoms with Gasteiger partial charge in [-0.2, -0.15) is 5.26 Å². The van der Waals surface area contributed by atoms with Crippen LogP contribution in [0, 0.1) is 11.3 Å². The smallest absolute Gasteiger partial charge is 0.179 e. The highest BCUT2D eigenvalue weighted by molar-refractivity contribution is 6.38. The van der Waals surface area contributed by atoms with E-state index in [0.29, 0.717) is 38.4 Å². The van der Waals surface area contributed by atoms with Crippen molar-refractivity contribution in [3.8, 4) is 17.6 Å². The molecular weight excluding hydrogens is 373 g/mol. The first-order valence-electron chi connectivity index (χ1n) is 8.24. The highest BCUT2D eigenvalue weighted by Crippen LogP contribution is 2.34. The Labute approximate surface area is 162 Å². The minimum Gasteiger partial charge on any atom is -0.491 e. The number of allylic oxidation sites excluding steroid dienone is 1. The summed E-state index contributed by atoms with van der Waals surface area (Å²) in [6.07, 6.45) is 10.7. The van der Waals surface area contributed by atoms with Gasteiger partial charge in [-0.3, -0.25) is 9.97 Å². The fourth-order valence-electron chi connectivity index (χ4n) is 2.93. The van der Waals surface area contributed by atoms with Crippen molar-refractivity contribution >= 4 is 34.9 Å². The number of halogens is 2. The van der Waals surface area contributed by atoms with Crippen molar-refractivity contribution in [1.29, 1.82) is 5.26 Å². The summed E-state index contributed by atoms with van der Waals surface area (Å²) in [5.41, 5.74) is 1.29. The lowest BCUT2D eigenvalue weighted by Crippen LogP contribution is -2.11. The van der Waals surface area contributed by atoms with E-state index >= 15 is 0 Å². The van der Waals surface area contributed by atoms with E-state index < -0.39 is 0 Å². The molecule has 1 aliphatic rings. The van der Waals surface area contributed by atoms with Gasteiger partial charge in [0.1, 0.15) is 0 Å². The lowest BCUT2D eigenvalue weighted by atomic mass is 10.1. The Morgan fingerprint density at radius 3 is 2.50 bits per heavy atom. The van der Waals surface area contributed by atoms with Gasteiger partial charge in [-0.1, -0.05) is 23.2 Å². The van der Waals surface area contributed by atoms with Crippen LogP contribution in [0.5, 0.6) is 11.5 Å². The van der Waals surface area contributed by atoms with E-state index in [1.54, 1.807) is 25.4 Å². The molecule has 0 N–H and O–H groups in total. The minimum atomic E-state index is 0.183. The van der Waals surface area contributed by atoms with Gasteiger partial charge in [-0.05, 0) is 31.8 Å². The summed E-state index contributed by atoms with van der Waals surface area (Å²) in [6.45, 7) is 0. The summed E-state index contributed by atoms with van der Waals surface area (Å²) in [6, 6.07) is 3.88. The number of hydrogen-bond donors (Lipinski definition) is 0. The molecule has 0 aromatic carbocycles. The topological polar surface area (TPSA) is 68.0 Å². The summed E-state index contributed by atoms with van der Waals surface area (Å²) < 4.78 is 11.4. The first kappa shape index (κ1) is 18.5. The van der Waals surface area contributed by atoms with Crippen molar-refractivity contribution in [3.63, 3.8) is 0 Å². The van der Waals surface area contributed by atoms with Crippen LogP contribution >= 0.6 is 23.2 Å². The van der Waals surface area contributed by atoms with Crippen molar-refractivity contribution in [2.24, 2.45) is 0 Å². The molecule has 0 atom stereocenters. The van der Waals surface area contributed by atoms with Crippen molar-refractivity contribution in [1.82, 2.24) is 9.97 Å². The van der Waals surface area contributed by atoms with Crippen molar-refractivity contribution in [3.05, 3.63) is 46.0 Å². The Hall–Kier alpha value is -2.29. The Balaban J connectivity index is 1.97. The molecule has 0 spiro atoms. The quantitative estimate of drug-likeness (QED) is 0.659. The maximum absolute atomic E-state index is 9.55. The van der Waals surface area contributed by atoms with Crippen LogP contribution in [0.25, 0.3) is 11.6 Å². The van der Waals surface area contributed by atoms with E-state index in [1.165, 1.54) is 25.2 Å². The van der Waals surface area contributed by atoms with Crippen LogP contribution in [-0.4, -0.2) is 23.2 Å². The lowest BCUT2D eigenvalue weighted by Gasteiger charge is -2.16. The van der Waals surface area contributed by atoms with E-state index in [2.05, 4.69) is 16.0 Å². The Morgan fingerprint density at radius 1 is 1.19 bits per heavy atom. The Kier molecular flexibility index (Phi) is 5.97. The van der Waals surface area contributed by atoms with Crippen LogP contribution in [0.4, 0.5) is 0 Å². The molecule has 0 radical (unpaired) electrons. The van der Waals surface area contributed by atoms with Crippen LogP contribution in [0.1, 0.15) is 36.9 Å². The third-order valence-corrected chi connectivity index (χ3v) is 4.78. The summed E-state index contributed by atoms with van der Waals surface area (Å²) >= 11 is 12.3. The second kappa shape index (κ2) is 8.39. The fourth-order valence-corrected chi connectivity index (χ4v) is 3.49. The normalized spacial score (nSPS) is 14.9. The van der Waals surface area contributed by atoms with E-state index in [-0.39, 0.29) is 6.10 Å². The highest BCUT2D eigenvalue weighted by Gasteiger charge is 2.19. The molecule has 2 aromatic heterocycles. The molecule has 0 amide bonds. The van der Waals surface area contributed by atoms with Gasteiger partial charge in [0.2, 0.25) is 0 Å². The zero-order valence-corrected chi connectivity index (χ0v) is 15.7. The van der Waals surface area contributed by atoms with E-state index in [9.17, 15) is 5.26 Å². The average Bonchev–Trinajstić information content (AvgIpc) is 3.14. The zero-order chi connectivity index (χ0) is 18.5. The monoisotopic (exact) mass is 389 g/mol. The van der Waals surface area contributed by atoms with Gasteiger partial charge in [0.05, 0.1) is 46.8 Å². The zero-order valence-electron chi connectivity index (χ0n) is 14.2. The molecule has 2 aromatic rings. The van der Waals surface area contributed by atoms with Crippen LogP contribution in [0.2, 0.25) is 10.0 Å². The second-order valence-electron chi connectivity index (χ2n) is 5.93. The number of ether oxygens (including phenoxy) is 2. The molecule has 26 heavy (non-hydrogen) atoms. The first-order chi connectivity index (χ1) is 12.6. The van der Waals surface area contributed by atoms with Crippen molar-refractivity contribution in [2.75, 3.05) is 7.11 Å². The van der Waals surface area contributed by atoms with Crippen LogP contribution in [-0.2, 0) is 0 Å². The molecular formula is C19H17Cl2N3O2. The second-order valence-corrected chi connectivity index (χ2v) is 6.75. The number of hydrogen-bond acceptors (Lipinski definition) is 5. The molecule has 0 bridgehead atoms. The molecule has 1 fully saturated rings. The predicted molar refractivity (Wildman–Crippen MR) is 101 cm³/mol. The molecule has 7 heteroatoms. The predicted octanol–water partition coefficient (Wildman–Crippen LogP) is 5.18. The SMILES string of the molecule is COc1cnc(/C=C(\C#N)c2c(Cl)cncc2Cl)cc1OC1CCCC1. The van der Waals surface area contributed by atoms with Gasteiger partial charge in [0.15, 0.2) is 11.5 Å². The van der Waals surface area contributed by atoms with Crippen LogP contribution < -0.4 is 9.47 Å². The number of rotatable bonds is 5. The Morgan fingerprint density at radius 2 is 1.88 bits per heavy atom. The molecule has 3 rings (SSSR count). The standard InChI is InChI=1S/C19H17Cl2N3O2/c1-25-18-11-24-13(7-17(18)26-14-4-2-3-5-14)6-12(8-22)19-15(20)9-23-10-16(19)21/h6-7,9-11,14H,2-5H2,1H3/b12-6+. The summed E-state index contributed by atoms with van der Waals surface area (Å²) in [5, 5.41) is 10.2. The maximum Gasteiger partial charge on any atom is 0.179 e. The van der Waals surface area contributed by atoms with Crippen LogP contribution in [0.3, 0.4) is 0 Å². The summed E-state index contributed by atoms with van der Waals surface area (Å²) in [4.78, 5) is 8.23. The van der Waals surface area contributed by atoms with Gasteiger partial charge in [-0.25, -0.2) is 0 Å². The van der Waals surface area contributed by atoms with Crippen molar-refractivity contribution < 1.29 is 9.47 Å². The first-order valence-corrected chi connectivity index (χ1v) is 9.00. The number of aromatic nitrogens is 2. The number of methoxy groups -OCH3 is 1. The Bertz CT molecular complexity index is 851. The summed E-state index contributed by atoms with van der Waals surface area (Å²) in [7, 11) is 1.57. The van der Waals surface area contributed by atoms with Gasteiger partial charge in [-0.15, -0.1) is 0 Å². The van der Waals surface area contributed by atoms with Gasteiger partial charge in [0.25, 0.3) is 0 Å². The number of nitriles is 1. The highest BCUT2D eigenvalue weighted by atomic mass is 35.5. The molecule has 1 saturated carbocycles.